The smallest absolute Gasteiger partial charge is 0.336 e. The van der Waals surface area contributed by atoms with E-state index < -0.39 is 5.97 Å². The molecule has 80 valence electrons. The summed E-state index contributed by atoms with van der Waals surface area (Å²) < 4.78 is 0. The summed E-state index contributed by atoms with van der Waals surface area (Å²) in [5.74, 6) is -1.21. The molecule has 0 aliphatic carbocycles. The number of carbonyl (C=O) groups is 2. The lowest BCUT2D eigenvalue weighted by Crippen LogP contribution is -2.09. The molecule has 0 saturated carbocycles. The van der Waals surface area contributed by atoms with Crippen LogP contribution in [0.3, 0.4) is 0 Å². The lowest BCUT2D eigenvalue weighted by Gasteiger charge is -2.10. The first-order valence-corrected chi connectivity index (χ1v) is 5.46. The van der Waals surface area contributed by atoms with E-state index in [1.54, 1.807) is 18.4 Å². The van der Waals surface area contributed by atoms with Crippen LogP contribution in [0.25, 0.3) is 0 Å². The van der Waals surface area contributed by atoms with Gasteiger partial charge in [0.1, 0.15) is 0 Å². The van der Waals surface area contributed by atoms with E-state index >= 15 is 0 Å². The lowest BCUT2D eigenvalue weighted by molar-refractivity contribution is -0.114. The molecule has 2 N–H and O–H groups in total. The van der Waals surface area contributed by atoms with Crippen molar-refractivity contribution in [3.05, 3.63) is 23.8 Å². The van der Waals surface area contributed by atoms with E-state index in [0.717, 1.165) is 0 Å². The molecule has 0 radical (unpaired) electrons. The number of aromatic carboxylic acids is 1. The molecule has 0 bridgehead atoms. The number of amides is 1. The molecule has 0 unspecified atom stereocenters. The predicted molar refractivity (Wildman–Crippen MR) is 59.5 cm³/mol. The van der Waals surface area contributed by atoms with Crippen molar-refractivity contribution in [2.24, 2.45) is 0 Å². The second kappa shape index (κ2) is 4.84. The van der Waals surface area contributed by atoms with Crippen LogP contribution in [-0.4, -0.2) is 23.2 Å². The van der Waals surface area contributed by atoms with Gasteiger partial charge in [0.05, 0.1) is 11.3 Å². The van der Waals surface area contributed by atoms with Crippen LogP contribution in [0.1, 0.15) is 17.3 Å². The third-order valence-electron chi connectivity index (χ3n) is 1.76. The van der Waals surface area contributed by atoms with Crippen LogP contribution in [0.5, 0.6) is 0 Å². The molecule has 0 saturated heterocycles. The van der Waals surface area contributed by atoms with Gasteiger partial charge in [0.25, 0.3) is 0 Å². The molecule has 5 heteroatoms. The fourth-order valence-corrected chi connectivity index (χ4v) is 1.93. The molecule has 1 amide bonds. The summed E-state index contributed by atoms with van der Waals surface area (Å²) in [6, 6.07) is 4.80. The number of hydrogen-bond donors (Lipinski definition) is 2. The first-order valence-electron chi connectivity index (χ1n) is 4.24. The first kappa shape index (κ1) is 11.6. The van der Waals surface area contributed by atoms with E-state index in [1.807, 2.05) is 0 Å². The van der Waals surface area contributed by atoms with Crippen molar-refractivity contribution in [3.63, 3.8) is 0 Å². The minimum Gasteiger partial charge on any atom is -0.478 e. The van der Waals surface area contributed by atoms with Gasteiger partial charge in [0.15, 0.2) is 0 Å². The summed E-state index contributed by atoms with van der Waals surface area (Å²) in [7, 11) is 0. The van der Waals surface area contributed by atoms with Gasteiger partial charge in [0, 0.05) is 11.8 Å². The fourth-order valence-electron chi connectivity index (χ4n) is 1.21. The standard InChI is InChI=1S/C10H11NO3S/c1-6(12)11-8-5-3-4-7(10(13)14)9(8)15-2/h3-5H,1-2H3,(H,11,12)(H,13,14). The zero-order valence-electron chi connectivity index (χ0n) is 8.40. The monoisotopic (exact) mass is 225 g/mol. The average Bonchev–Trinajstić information content (AvgIpc) is 2.16. The van der Waals surface area contributed by atoms with Gasteiger partial charge in [-0.2, -0.15) is 0 Å². The van der Waals surface area contributed by atoms with Gasteiger partial charge < -0.3 is 10.4 Å². The molecule has 0 aromatic heterocycles. The molecule has 0 heterocycles. The SMILES string of the molecule is CSc1c(NC(C)=O)cccc1C(=O)O. The van der Waals surface area contributed by atoms with Gasteiger partial charge in [-0.05, 0) is 18.4 Å². The maximum atomic E-state index is 10.9. The van der Waals surface area contributed by atoms with Gasteiger partial charge >= 0.3 is 5.97 Å². The van der Waals surface area contributed by atoms with Gasteiger partial charge in [-0.25, -0.2) is 4.79 Å². The Hall–Kier alpha value is -1.49. The third-order valence-corrected chi connectivity index (χ3v) is 2.61. The molecular formula is C10H11NO3S. The van der Waals surface area contributed by atoms with E-state index in [4.69, 9.17) is 5.11 Å². The maximum Gasteiger partial charge on any atom is 0.336 e. The number of hydrogen-bond acceptors (Lipinski definition) is 3. The van der Waals surface area contributed by atoms with Crippen LogP contribution in [0.4, 0.5) is 5.69 Å². The first-order chi connectivity index (χ1) is 7.06. The lowest BCUT2D eigenvalue weighted by atomic mass is 10.2. The Morgan fingerprint density at radius 2 is 2.07 bits per heavy atom. The van der Waals surface area contributed by atoms with Crippen molar-refractivity contribution in [2.75, 3.05) is 11.6 Å². The summed E-state index contributed by atoms with van der Waals surface area (Å²) >= 11 is 1.30. The summed E-state index contributed by atoms with van der Waals surface area (Å²) in [6.07, 6.45) is 1.77. The Labute approximate surface area is 91.7 Å². The largest absolute Gasteiger partial charge is 0.478 e. The molecule has 0 fully saturated rings. The van der Waals surface area contributed by atoms with Gasteiger partial charge in [-0.15, -0.1) is 11.8 Å². The summed E-state index contributed by atoms with van der Waals surface area (Å²) in [4.78, 5) is 22.4. The van der Waals surface area contributed by atoms with Crippen molar-refractivity contribution in [1.29, 1.82) is 0 Å². The van der Waals surface area contributed by atoms with Crippen molar-refractivity contribution in [1.82, 2.24) is 0 Å². The van der Waals surface area contributed by atoms with Gasteiger partial charge in [-0.1, -0.05) is 6.07 Å². The minimum atomic E-state index is -0.994. The number of benzene rings is 1. The Balaban J connectivity index is 3.21. The molecule has 0 aliphatic heterocycles. The van der Waals surface area contributed by atoms with Crippen molar-refractivity contribution >= 4 is 29.3 Å². The number of carboxylic acid groups (broad SMARTS) is 1. The summed E-state index contributed by atoms with van der Waals surface area (Å²) in [5, 5.41) is 11.5. The molecule has 1 aromatic carbocycles. The van der Waals surface area contributed by atoms with Crippen LogP contribution in [0.2, 0.25) is 0 Å². The number of anilines is 1. The molecule has 0 atom stereocenters. The van der Waals surface area contributed by atoms with E-state index in [0.29, 0.717) is 10.6 Å². The summed E-state index contributed by atoms with van der Waals surface area (Å²) in [6.45, 7) is 1.39. The highest BCUT2D eigenvalue weighted by Crippen LogP contribution is 2.29. The van der Waals surface area contributed by atoms with Crippen LogP contribution >= 0.6 is 11.8 Å². The molecular weight excluding hydrogens is 214 g/mol. The van der Waals surface area contributed by atoms with Crippen LogP contribution in [-0.2, 0) is 4.79 Å². The number of rotatable bonds is 3. The maximum absolute atomic E-state index is 10.9. The van der Waals surface area contributed by atoms with E-state index in [9.17, 15) is 9.59 Å². The Morgan fingerprint density at radius 3 is 2.53 bits per heavy atom. The minimum absolute atomic E-state index is 0.203. The molecule has 4 nitrogen and oxygen atoms in total. The highest BCUT2D eigenvalue weighted by atomic mass is 32.2. The van der Waals surface area contributed by atoms with Gasteiger partial charge in [-0.3, -0.25) is 4.79 Å². The van der Waals surface area contributed by atoms with Crippen molar-refractivity contribution < 1.29 is 14.7 Å². The Morgan fingerprint density at radius 1 is 1.40 bits per heavy atom. The zero-order chi connectivity index (χ0) is 11.4. The second-order valence-electron chi connectivity index (χ2n) is 2.87. The van der Waals surface area contributed by atoms with Crippen LogP contribution < -0.4 is 5.32 Å². The zero-order valence-corrected chi connectivity index (χ0v) is 9.22. The summed E-state index contributed by atoms with van der Waals surface area (Å²) in [5.41, 5.74) is 0.739. The molecule has 1 aromatic rings. The highest BCUT2D eigenvalue weighted by Gasteiger charge is 2.13. The van der Waals surface area contributed by atoms with Crippen molar-refractivity contribution in [2.45, 2.75) is 11.8 Å². The number of carbonyl (C=O) groups excluding carboxylic acids is 1. The van der Waals surface area contributed by atoms with E-state index in [-0.39, 0.29) is 11.5 Å². The fraction of sp³-hybridized carbons (Fsp3) is 0.200. The Bertz CT molecular complexity index is 404. The molecule has 1 rings (SSSR count). The van der Waals surface area contributed by atoms with Crippen LogP contribution in [0, 0.1) is 0 Å². The molecule has 15 heavy (non-hydrogen) atoms. The number of nitrogens with one attached hydrogen (secondary N) is 1. The number of carboxylic acids is 1. The van der Waals surface area contributed by atoms with Gasteiger partial charge in [0.2, 0.25) is 5.91 Å². The molecule has 0 aliphatic rings. The highest BCUT2D eigenvalue weighted by molar-refractivity contribution is 7.98. The topological polar surface area (TPSA) is 66.4 Å². The van der Waals surface area contributed by atoms with Crippen LogP contribution in [0.15, 0.2) is 23.1 Å². The predicted octanol–water partition coefficient (Wildman–Crippen LogP) is 2.07. The van der Waals surface area contributed by atoms with E-state index in [1.165, 1.54) is 24.8 Å². The Kier molecular flexibility index (Phi) is 3.74. The normalized spacial score (nSPS) is 9.73. The number of thioether (sulfide) groups is 1. The average molecular weight is 225 g/mol. The van der Waals surface area contributed by atoms with Crippen molar-refractivity contribution in [3.8, 4) is 0 Å². The van der Waals surface area contributed by atoms with E-state index in [2.05, 4.69) is 5.32 Å². The second-order valence-corrected chi connectivity index (χ2v) is 3.69. The third kappa shape index (κ3) is 2.73. The quantitative estimate of drug-likeness (QED) is 0.773. The molecule has 0 spiro atoms.